The maximum absolute atomic E-state index is 5.45. The average Bonchev–Trinajstić information content (AvgIpc) is 3.46. The highest BCUT2D eigenvalue weighted by Crippen LogP contribution is 2.30. The largest absolute Gasteiger partial charge is 0.378 e. The van der Waals surface area contributed by atoms with Gasteiger partial charge in [-0.15, -0.1) is 11.8 Å². The summed E-state index contributed by atoms with van der Waals surface area (Å²) >= 11 is 1.60. The Bertz CT molecular complexity index is 1070. The van der Waals surface area contributed by atoms with Gasteiger partial charge in [0.25, 0.3) is 0 Å². The van der Waals surface area contributed by atoms with Crippen LogP contribution in [-0.4, -0.2) is 83.8 Å². The fourth-order valence-electron chi connectivity index (χ4n) is 4.64. The molecule has 2 aliphatic rings. The van der Waals surface area contributed by atoms with Crippen LogP contribution in [0.2, 0.25) is 0 Å². The summed E-state index contributed by atoms with van der Waals surface area (Å²) in [6.45, 7) is 5.48. The number of hydrogen-bond donors (Lipinski definition) is 3. The van der Waals surface area contributed by atoms with Crippen molar-refractivity contribution >= 4 is 45.9 Å². The monoisotopic (exact) mass is 468 g/mol. The number of aromatic amines is 1. The molecule has 5 rings (SSSR count). The fourth-order valence-corrected chi connectivity index (χ4v) is 5.18. The van der Waals surface area contributed by atoms with Crippen LogP contribution in [0.3, 0.4) is 0 Å². The van der Waals surface area contributed by atoms with Crippen LogP contribution in [0.4, 0.5) is 23.1 Å². The first kappa shape index (κ1) is 22.2. The molecular weight excluding hydrogens is 436 g/mol. The maximum atomic E-state index is 5.45. The second kappa shape index (κ2) is 10.1. The van der Waals surface area contributed by atoms with Crippen LogP contribution in [0.25, 0.3) is 11.0 Å². The molecule has 2 aromatic heterocycles. The summed E-state index contributed by atoms with van der Waals surface area (Å²) in [5.41, 5.74) is 2.90. The first-order chi connectivity index (χ1) is 16.2. The molecule has 1 atom stereocenters. The number of H-pyrrole nitrogens is 1. The van der Waals surface area contributed by atoms with Crippen LogP contribution in [-0.2, 0) is 4.74 Å². The minimum Gasteiger partial charge on any atom is -0.378 e. The van der Waals surface area contributed by atoms with E-state index in [4.69, 9.17) is 9.72 Å². The van der Waals surface area contributed by atoms with E-state index < -0.39 is 0 Å². The van der Waals surface area contributed by atoms with Gasteiger partial charge in [-0.1, -0.05) is 0 Å². The van der Waals surface area contributed by atoms with Crippen LogP contribution in [0.15, 0.2) is 29.3 Å². The number of nitrogens with one attached hydrogen (secondary N) is 3. The summed E-state index contributed by atoms with van der Waals surface area (Å²) in [6, 6.07) is 9.04. The topological polar surface area (TPSA) is 94.2 Å². The van der Waals surface area contributed by atoms with Crippen LogP contribution in [0.5, 0.6) is 0 Å². The Balaban J connectivity index is 1.32. The van der Waals surface area contributed by atoms with Gasteiger partial charge in [0.15, 0.2) is 5.65 Å². The summed E-state index contributed by atoms with van der Waals surface area (Å²) in [4.78, 5) is 14.3. The molecule has 33 heavy (non-hydrogen) atoms. The third kappa shape index (κ3) is 5.02. The molecule has 2 saturated heterocycles. The fraction of sp³-hybridized carbons (Fsp3) is 0.522. The third-order valence-corrected chi connectivity index (χ3v) is 7.20. The zero-order valence-corrected chi connectivity index (χ0v) is 20.1. The van der Waals surface area contributed by atoms with Crippen LogP contribution < -0.4 is 15.5 Å². The van der Waals surface area contributed by atoms with Gasteiger partial charge < -0.3 is 25.2 Å². The van der Waals surface area contributed by atoms with E-state index in [0.29, 0.717) is 12.0 Å². The molecule has 10 heteroatoms. The van der Waals surface area contributed by atoms with E-state index in [1.165, 1.54) is 25.1 Å². The maximum Gasteiger partial charge on any atom is 0.231 e. The summed E-state index contributed by atoms with van der Waals surface area (Å²) in [6.07, 6.45) is 5.68. The zero-order chi connectivity index (χ0) is 22.6. The Kier molecular flexibility index (Phi) is 6.84. The molecule has 0 radical (unpaired) electrons. The lowest BCUT2D eigenvalue weighted by Gasteiger charge is -2.28. The molecule has 1 unspecified atom stereocenters. The first-order valence-electron chi connectivity index (χ1n) is 11.7. The number of aromatic nitrogens is 4. The number of fused-ring (bicyclic) bond motifs is 1. The van der Waals surface area contributed by atoms with Crippen molar-refractivity contribution in [3.63, 3.8) is 0 Å². The molecule has 0 aliphatic carbocycles. The average molecular weight is 469 g/mol. The minimum absolute atomic E-state index is 0.554. The van der Waals surface area contributed by atoms with Crippen LogP contribution in [0, 0.1) is 0 Å². The number of benzene rings is 1. The second-order valence-corrected chi connectivity index (χ2v) is 9.41. The number of rotatable bonds is 8. The molecule has 176 valence electrons. The molecule has 0 spiro atoms. The predicted octanol–water partition coefficient (Wildman–Crippen LogP) is 3.55. The van der Waals surface area contributed by atoms with Crippen molar-refractivity contribution in [2.45, 2.75) is 30.3 Å². The molecule has 3 aromatic rings. The number of thioether (sulfide) groups is 1. The van der Waals surface area contributed by atoms with E-state index in [1.54, 1.807) is 11.8 Å². The van der Waals surface area contributed by atoms with E-state index in [-0.39, 0.29) is 0 Å². The summed E-state index contributed by atoms with van der Waals surface area (Å²) in [7, 11) is 2.22. The van der Waals surface area contributed by atoms with Crippen LogP contribution in [0.1, 0.15) is 19.3 Å². The normalized spacial score (nSPS) is 19.3. The van der Waals surface area contributed by atoms with Crippen molar-refractivity contribution in [2.75, 3.05) is 68.2 Å². The molecule has 4 heterocycles. The Morgan fingerprint density at radius 1 is 1.15 bits per heavy atom. The van der Waals surface area contributed by atoms with Crippen molar-refractivity contribution in [1.82, 2.24) is 25.1 Å². The lowest BCUT2D eigenvalue weighted by molar-refractivity contribution is 0.122. The van der Waals surface area contributed by atoms with E-state index in [1.807, 2.05) is 6.26 Å². The molecule has 1 aromatic carbocycles. The highest BCUT2D eigenvalue weighted by molar-refractivity contribution is 7.98. The third-order valence-electron chi connectivity index (χ3n) is 6.52. The molecule has 0 bridgehead atoms. The van der Waals surface area contributed by atoms with Gasteiger partial charge in [-0.3, -0.25) is 5.10 Å². The zero-order valence-electron chi connectivity index (χ0n) is 19.3. The smallest absolute Gasteiger partial charge is 0.231 e. The van der Waals surface area contributed by atoms with E-state index >= 15 is 0 Å². The molecule has 3 N–H and O–H groups in total. The second-order valence-electron chi connectivity index (χ2n) is 8.62. The molecule has 2 aliphatic heterocycles. The molecule has 0 saturated carbocycles. The van der Waals surface area contributed by atoms with E-state index in [2.05, 4.69) is 66.9 Å². The number of likely N-dealkylation sites (tertiary alicyclic amines) is 1. The molecule has 0 amide bonds. The number of nitrogens with zero attached hydrogens (tertiary/aromatic N) is 5. The molecule has 2 fully saturated rings. The summed E-state index contributed by atoms with van der Waals surface area (Å²) in [5.74, 6) is 1.38. The van der Waals surface area contributed by atoms with Gasteiger partial charge in [0.05, 0.1) is 18.6 Å². The van der Waals surface area contributed by atoms with Gasteiger partial charge in [0, 0.05) is 37.1 Å². The lowest BCUT2D eigenvalue weighted by Crippen LogP contribution is -2.36. The standard InChI is InChI=1S/C23H32N8OS/c1-30-11-3-4-17(30)9-10-24-20-19-21(28-29-22(19)33-2)27-23(26-20)25-16-5-7-18(8-6-16)31-12-14-32-15-13-31/h5-8,17H,3-4,9-15H2,1-2H3,(H3,24,25,26,27,28,29). The van der Waals surface area contributed by atoms with Crippen molar-refractivity contribution in [3.8, 4) is 0 Å². The lowest BCUT2D eigenvalue weighted by atomic mass is 10.1. The van der Waals surface area contributed by atoms with E-state index in [0.717, 1.165) is 66.8 Å². The number of morpholine rings is 1. The van der Waals surface area contributed by atoms with Crippen molar-refractivity contribution in [1.29, 1.82) is 0 Å². The van der Waals surface area contributed by atoms with Gasteiger partial charge in [-0.05, 0) is 63.4 Å². The Labute approximate surface area is 198 Å². The minimum atomic E-state index is 0.554. The number of hydrogen-bond acceptors (Lipinski definition) is 9. The quantitative estimate of drug-likeness (QED) is 0.429. The van der Waals surface area contributed by atoms with Gasteiger partial charge in [-0.25, -0.2) is 0 Å². The van der Waals surface area contributed by atoms with Crippen molar-refractivity contribution in [3.05, 3.63) is 24.3 Å². The first-order valence-corrected chi connectivity index (χ1v) is 12.9. The number of anilines is 4. The van der Waals surface area contributed by atoms with Gasteiger partial charge in [0.1, 0.15) is 10.8 Å². The Morgan fingerprint density at radius 2 is 1.97 bits per heavy atom. The SMILES string of the molecule is CSc1n[nH]c2nc(Nc3ccc(N4CCOCC4)cc3)nc(NCCC3CCCN3C)c12. The number of ether oxygens (including phenoxy) is 1. The molecular formula is C23H32N8OS. The van der Waals surface area contributed by atoms with E-state index in [9.17, 15) is 0 Å². The molecule has 9 nitrogen and oxygen atoms in total. The highest BCUT2D eigenvalue weighted by atomic mass is 32.2. The Morgan fingerprint density at radius 3 is 2.70 bits per heavy atom. The predicted molar refractivity (Wildman–Crippen MR) is 135 cm³/mol. The Hall–Kier alpha value is -2.56. The van der Waals surface area contributed by atoms with Gasteiger partial charge in [-0.2, -0.15) is 15.1 Å². The van der Waals surface area contributed by atoms with Crippen LogP contribution >= 0.6 is 11.8 Å². The van der Waals surface area contributed by atoms with Crippen molar-refractivity contribution in [2.24, 2.45) is 0 Å². The van der Waals surface area contributed by atoms with Crippen molar-refractivity contribution < 1.29 is 4.74 Å². The highest BCUT2D eigenvalue weighted by Gasteiger charge is 2.21. The van der Waals surface area contributed by atoms with Gasteiger partial charge in [0.2, 0.25) is 5.95 Å². The van der Waals surface area contributed by atoms with Gasteiger partial charge >= 0.3 is 0 Å². The summed E-state index contributed by atoms with van der Waals surface area (Å²) < 4.78 is 5.45. The summed E-state index contributed by atoms with van der Waals surface area (Å²) in [5, 5.41) is 16.3.